The lowest BCUT2D eigenvalue weighted by Crippen LogP contribution is -2.52. The number of carboxylic acid groups (broad SMARTS) is 1. The average molecular weight is 283 g/mol. The van der Waals surface area contributed by atoms with Crippen LogP contribution in [0.15, 0.2) is 0 Å². The molecule has 1 atom stereocenters. The molecule has 2 heterocycles. The summed E-state index contributed by atoms with van der Waals surface area (Å²) in [4.78, 5) is 37.6. The van der Waals surface area contributed by atoms with E-state index in [1.165, 1.54) is 11.8 Å². The highest BCUT2D eigenvalue weighted by atomic mass is 16.4. The number of carbonyl (C=O) groups is 3. The minimum absolute atomic E-state index is 0.0553. The molecule has 0 saturated carbocycles. The minimum atomic E-state index is -0.927. The van der Waals surface area contributed by atoms with Gasteiger partial charge in [-0.1, -0.05) is 0 Å². The highest BCUT2D eigenvalue weighted by molar-refractivity contribution is 5.83. The average Bonchev–Trinajstić information content (AvgIpc) is 2.87. The Morgan fingerprint density at radius 2 is 1.75 bits per heavy atom. The second-order valence-electron chi connectivity index (χ2n) is 5.43. The predicted molar refractivity (Wildman–Crippen MR) is 71.2 cm³/mol. The molecule has 0 aromatic heterocycles. The van der Waals surface area contributed by atoms with Gasteiger partial charge in [-0.05, 0) is 25.7 Å². The Labute approximate surface area is 117 Å². The number of nitrogens with one attached hydrogen (secondary N) is 1. The third kappa shape index (κ3) is 3.20. The predicted octanol–water partition coefficient (Wildman–Crippen LogP) is 0.256. The lowest BCUT2D eigenvalue weighted by atomic mass is 10.1. The van der Waals surface area contributed by atoms with Crippen LogP contribution in [0.2, 0.25) is 0 Å². The maximum Gasteiger partial charge on any atom is 0.326 e. The van der Waals surface area contributed by atoms with E-state index in [1.54, 1.807) is 4.90 Å². The molecule has 3 amide bonds. The fraction of sp³-hybridized carbons (Fsp3) is 0.769. The van der Waals surface area contributed by atoms with Crippen LogP contribution < -0.4 is 5.32 Å². The number of piperidine rings is 1. The van der Waals surface area contributed by atoms with Gasteiger partial charge in [0.15, 0.2) is 0 Å². The van der Waals surface area contributed by atoms with Crippen molar-refractivity contribution in [3.8, 4) is 0 Å². The number of aliphatic carboxylic acids is 1. The van der Waals surface area contributed by atoms with Crippen LogP contribution in [-0.4, -0.2) is 64.5 Å². The van der Waals surface area contributed by atoms with Crippen LogP contribution in [0.4, 0.5) is 4.79 Å². The maximum absolute atomic E-state index is 12.3. The number of likely N-dealkylation sites (tertiary alicyclic amines) is 2. The molecular formula is C13H21N3O4. The Morgan fingerprint density at radius 1 is 1.10 bits per heavy atom. The smallest absolute Gasteiger partial charge is 0.326 e. The highest BCUT2D eigenvalue weighted by Gasteiger charge is 2.37. The van der Waals surface area contributed by atoms with Crippen molar-refractivity contribution in [1.29, 1.82) is 0 Å². The molecule has 2 aliphatic rings. The number of carboxylic acids is 1. The van der Waals surface area contributed by atoms with Gasteiger partial charge < -0.3 is 20.2 Å². The third-order valence-corrected chi connectivity index (χ3v) is 3.96. The summed E-state index contributed by atoms with van der Waals surface area (Å²) in [6.07, 6.45) is 2.71. The molecule has 2 aliphatic heterocycles. The van der Waals surface area contributed by atoms with E-state index >= 15 is 0 Å². The molecule has 0 aromatic rings. The molecule has 2 fully saturated rings. The Hall–Kier alpha value is -1.79. The number of hydrogen-bond acceptors (Lipinski definition) is 3. The SMILES string of the molecule is CC(=O)NC1CCN(C(=O)N2CCC[C@@H]2C(=O)O)CC1. The molecule has 20 heavy (non-hydrogen) atoms. The Balaban J connectivity index is 1.88. The summed E-state index contributed by atoms with van der Waals surface area (Å²) >= 11 is 0. The standard InChI is InChI=1S/C13H21N3O4/c1-9(17)14-10-4-7-15(8-5-10)13(20)16-6-2-3-11(16)12(18)19/h10-11H,2-8H2,1H3,(H,14,17)(H,18,19)/t11-/m1/s1. The van der Waals surface area contributed by atoms with Gasteiger partial charge in [-0.25, -0.2) is 9.59 Å². The van der Waals surface area contributed by atoms with Crippen LogP contribution in [-0.2, 0) is 9.59 Å². The number of carbonyl (C=O) groups excluding carboxylic acids is 2. The Morgan fingerprint density at radius 3 is 2.30 bits per heavy atom. The van der Waals surface area contributed by atoms with Crippen LogP contribution in [0, 0.1) is 0 Å². The molecule has 112 valence electrons. The van der Waals surface area contributed by atoms with Crippen molar-refractivity contribution in [3.05, 3.63) is 0 Å². The van der Waals surface area contributed by atoms with Crippen molar-refractivity contribution in [3.63, 3.8) is 0 Å². The summed E-state index contributed by atoms with van der Waals surface area (Å²) in [6, 6.07) is -0.753. The van der Waals surface area contributed by atoms with E-state index in [0.29, 0.717) is 26.1 Å². The van der Waals surface area contributed by atoms with E-state index in [-0.39, 0.29) is 18.0 Å². The molecule has 2 saturated heterocycles. The van der Waals surface area contributed by atoms with Crippen molar-refractivity contribution < 1.29 is 19.5 Å². The van der Waals surface area contributed by atoms with Crippen LogP contribution in [0.25, 0.3) is 0 Å². The summed E-state index contributed by atoms with van der Waals surface area (Å²) < 4.78 is 0. The van der Waals surface area contributed by atoms with Gasteiger partial charge in [0.25, 0.3) is 0 Å². The molecule has 7 nitrogen and oxygen atoms in total. The normalized spacial score (nSPS) is 23.8. The first-order valence-corrected chi connectivity index (χ1v) is 7.04. The van der Waals surface area contributed by atoms with Crippen LogP contribution >= 0.6 is 0 Å². The molecule has 2 N–H and O–H groups in total. The zero-order chi connectivity index (χ0) is 14.7. The van der Waals surface area contributed by atoms with E-state index in [4.69, 9.17) is 5.11 Å². The van der Waals surface area contributed by atoms with Gasteiger partial charge >= 0.3 is 12.0 Å². The second kappa shape index (κ2) is 6.11. The van der Waals surface area contributed by atoms with Crippen molar-refractivity contribution >= 4 is 17.9 Å². The lowest BCUT2D eigenvalue weighted by molar-refractivity contribution is -0.141. The molecule has 0 radical (unpaired) electrons. The number of nitrogens with zero attached hydrogens (tertiary/aromatic N) is 2. The quantitative estimate of drug-likeness (QED) is 0.760. The van der Waals surface area contributed by atoms with E-state index in [1.807, 2.05) is 0 Å². The second-order valence-corrected chi connectivity index (χ2v) is 5.43. The molecule has 7 heteroatoms. The van der Waals surface area contributed by atoms with Gasteiger partial charge in [0.1, 0.15) is 6.04 Å². The summed E-state index contributed by atoms with van der Waals surface area (Å²) in [7, 11) is 0. The Kier molecular flexibility index (Phi) is 4.46. The first-order chi connectivity index (χ1) is 9.49. The van der Waals surface area contributed by atoms with Crippen molar-refractivity contribution in [1.82, 2.24) is 15.1 Å². The molecule has 0 spiro atoms. The van der Waals surface area contributed by atoms with Gasteiger partial charge in [0, 0.05) is 32.6 Å². The van der Waals surface area contributed by atoms with E-state index in [2.05, 4.69) is 5.32 Å². The van der Waals surface area contributed by atoms with Gasteiger partial charge in [-0.15, -0.1) is 0 Å². The zero-order valence-corrected chi connectivity index (χ0v) is 11.7. The van der Waals surface area contributed by atoms with Gasteiger partial charge in [-0.3, -0.25) is 4.79 Å². The Bertz CT molecular complexity index is 404. The first kappa shape index (κ1) is 14.6. The van der Waals surface area contributed by atoms with Gasteiger partial charge in [-0.2, -0.15) is 0 Å². The number of amides is 3. The van der Waals surface area contributed by atoms with Crippen LogP contribution in [0.5, 0.6) is 0 Å². The van der Waals surface area contributed by atoms with Crippen molar-refractivity contribution in [2.75, 3.05) is 19.6 Å². The molecule has 2 rings (SSSR count). The van der Waals surface area contributed by atoms with Crippen molar-refractivity contribution in [2.24, 2.45) is 0 Å². The van der Waals surface area contributed by atoms with Gasteiger partial charge in [0.2, 0.25) is 5.91 Å². The monoisotopic (exact) mass is 283 g/mol. The summed E-state index contributed by atoms with van der Waals surface area (Å²) in [5.41, 5.74) is 0. The number of rotatable bonds is 2. The van der Waals surface area contributed by atoms with E-state index in [0.717, 1.165) is 19.3 Å². The fourth-order valence-corrected chi connectivity index (χ4v) is 2.94. The van der Waals surface area contributed by atoms with Crippen LogP contribution in [0.3, 0.4) is 0 Å². The van der Waals surface area contributed by atoms with E-state index in [9.17, 15) is 14.4 Å². The number of urea groups is 1. The zero-order valence-electron chi connectivity index (χ0n) is 11.7. The minimum Gasteiger partial charge on any atom is -0.480 e. The molecule has 0 bridgehead atoms. The summed E-state index contributed by atoms with van der Waals surface area (Å²) in [5.74, 6) is -0.982. The van der Waals surface area contributed by atoms with Gasteiger partial charge in [0.05, 0.1) is 0 Å². The summed E-state index contributed by atoms with van der Waals surface area (Å²) in [5, 5.41) is 12.0. The first-order valence-electron chi connectivity index (χ1n) is 7.04. The summed E-state index contributed by atoms with van der Waals surface area (Å²) in [6.45, 7) is 3.12. The molecular weight excluding hydrogens is 262 g/mol. The number of hydrogen-bond donors (Lipinski definition) is 2. The van der Waals surface area contributed by atoms with Crippen LogP contribution in [0.1, 0.15) is 32.6 Å². The topological polar surface area (TPSA) is 90.0 Å². The van der Waals surface area contributed by atoms with E-state index < -0.39 is 12.0 Å². The fourth-order valence-electron chi connectivity index (χ4n) is 2.94. The molecule has 0 aromatic carbocycles. The third-order valence-electron chi connectivity index (χ3n) is 3.96. The molecule has 0 unspecified atom stereocenters. The highest BCUT2D eigenvalue weighted by Crippen LogP contribution is 2.21. The molecule has 0 aliphatic carbocycles. The maximum atomic E-state index is 12.3. The lowest BCUT2D eigenvalue weighted by Gasteiger charge is -2.35. The van der Waals surface area contributed by atoms with Crippen molar-refractivity contribution in [2.45, 2.75) is 44.7 Å². The largest absolute Gasteiger partial charge is 0.480 e.